The van der Waals surface area contributed by atoms with Gasteiger partial charge in [-0.05, 0) is 91.9 Å². The van der Waals surface area contributed by atoms with Crippen molar-refractivity contribution < 1.29 is 18.0 Å². The Morgan fingerprint density at radius 3 is 2.13 bits per heavy atom. The molecule has 242 valence electrons. The van der Waals surface area contributed by atoms with Gasteiger partial charge in [-0.15, -0.1) is 0 Å². The van der Waals surface area contributed by atoms with Crippen molar-refractivity contribution >= 4 is 50.7 Å². The summed E-state index contributed by atoms with van der Waals surface area (Å²) >= 11 is 12.6. The van der Waals surface area contributed by atoms with Crippen molar-refractivity contribution in [2.45, 2.75) is 64.1 Å². The molecule has 0 aliphatic heterocycles. The summed E-state index contributed by atoms with van der Waals surface area (Å²) in [6.07, 6.45) is 0.912. The highest BCUT2D eigenvalue weighted by Crippen LogP contribution is 2.28. The van der Waals surface area contributed by atoms with Crippen LogP contribution >= 0.6 is 23.2 Å². The van der Waals surface area contributed by atoms with Crippen LogP contribution in [0.15, 0.2) is 102 Å². The first-order chi connectivity index (χ1) is 21.9. The number of hydrogen-bond acceptors (Lipinski definition) is 4. The summed E-state index contributed by atoms with van der Waals surface area (Å²) in [4.78, 5) is 30.0. The summed E-state index contributed by atoms with van der Waals surface area (Å²) in [6.45, 7) is 7.11. The monoisotopic (exact) mass is 679 g/mol. The maximum atomic E-state index is 14.6. The Hall–Kier alpha value is -3.85. The molecule has 7 nitrogen and oxygen atoms in total. The highest BCUT2D eigenvalue weighted by molar-refractivity contribution is 7.92. The highest BCUT2D eigenvalue weighted by atomic mass is 35.5. The highest BCUT2D eigenvalue weighted by Gasteiger charge is 2.35. The van der Waals surface area contributed by atoms with E-state index in [0.29, 0.717) is 27.7 Å². The predicted molar refractivity (Wildman–Crippen MR) is 186 cm³/mol. The molecule has 4 aromatic carbocycles. The molecule has 0 aromatic heterocycles. The fourth-order valence-corrected chi connectivity index (χ4v) is 6.68. The molecule has 0 heterocycles. The molecule has 2 amide bonds. The summed E-state index contributed by atoms with van der Waals surface area (Å²) in [5.41, 5.74) is 3.65. The van der Waals surface area contributed by atoms with Crippen LogP contribution in [0.3, 0.4) is 0 Å². The van der Waals surface area contributed by atoms with E-state index in [0.717, 1.165) is 21.0 Å². The number of anilines is 1. The summed E-state index contributed by atoms with van der Waals surface area (Å²) in [5.74, 6) is -0.896. The van der Waals surface area contributed by atoms with Crippen LogP contribution in [-0.2, 0) is 32.6 Å². The SMILES string of the molecule is CC[C@H](C)NC(=O)[C@@H](Cc1ccccc1)N(Cc1ccccc1Cl)C(=O)CN(c1ccc(C)c(C)c1)S(=O)(=O)c1ccc(Cl)cc1. The second-order valence-electron chi connectivity index (χ2n) is 11.4. The molecule has 4 rings (SSSR count). The second kappa shape index (κ2) is 15.6. The molecule has 0 aliphatic rings. The topological polar surface area (TPSA) is 86.8 Å². The first-order valence-electron chi connectivity index (χ1n) is 15.1. The van der Waals surface area contributed by atoms with Crippen LogP contribution in [-0.4, -0.2) is 43.8 Å². The number of carbonyl (C=O) groups is 2. The van der Waals surface area contributed by atoms with Gasteiger partial charge in [-0.2, -0.15) is 0 Å². The third-order valence-electron chi connectivity index (χ3n) is 8.03. The molecule has 0 unspecified atom stereocenters. The summed E-state index contributed by atoms with van der Waals surface area (Å²) < 4.78 is 29.5. The summed E-state index contributed by atoms with van der Waals surface area (Å²) in [7, 11) is -4.24. The molecule has 0 saturated heterocycles. The van der Waals surface area contributed by atoms with E-state index in [1.807, 2.05) is 70.2 Å². The Labute approximate surface area is 282 Å². The van der Waals surface area contributed by atoms with E-state index in [4.69, 9.17) is 23.2 Å². The zero-order valence-corrected chi connectivity index (χ0v) is 28.7. The lowest BCUT2D eigenvalue weighted by molar-refractivity contribution is -0.140. The van der Waals surface area contributed by atoms with E-state index >= 15 is 0 Å². The molecule has 1 N–H and O–H groups in total. The van der Waals surface area contributed by atoms with E-state index in [2.05, 4.69) is 5.32 Å². The number of amides is 2. The fourth-order valence-electron chi connectivity index (χ4n) is 4.95. The van der Waals surface area contributed by atoms with Crippen LogP contribution in [0.4, 0.5) is 5.69 Å². The Balaban J connectivity index is 1.83. The lowest BCUT2D eigenvalue weighted by atomic mass is 10.0. The molecule has 46 heavy (non-hydrogen) atoms. The molecule has 4 aromatic rings. The Bertz CT molecular complexity index is 1770. The van der Waals surface area contributed by atoms with Crippen molar-refractivity contribution in [3.8, 4) is 0 Å². The Kier molecular flexibility index (Phi) is 11.9. The van der Waals surface area contributed by atoms with E-state index in [9.17, 15) is 18.0 Å². The van der Waals surface area contributed by atoms with Gasteiger partial charge < -0.3 is 10.2 Å². The molecule has 0 spiro atoms. The number of nitrogens with zero attached hydrogens (tertiary/aromatic N) is 2. The van der Waals surface area contributed by atoms with Gasteiger partial charge in [0.15, 0.2) is 0 Å². The molecule has 2 atom stereocenters. The third-order valence-corrected chi connectivity index (χ3v) is 10.4. The van der Waals surface area contributed by atoms with Gasteiger partial charge in [-0.1, -0.05) is 84.7 Å². The molecule has 10 heteroatoms. The van der Waals surface area contributed by atoms with Gasteiger partial charge in [0.1, 0.15) is 12.6 Å². The number of halogens is 2. The summed E-state index contributed by atoms with van der Waals surface area (Å²) in [6, 6.07) is 26.5. The fraction of sp³-hybridized carbons (Fsp3) is 0.278. The number of carbonyl (C=O) groups excluding carboxylic acids is 2. The minimum absolute atomic E-state index is 0.00824. The number of rotatable bonds is 13. The van der Waals surface area contributed by atoms with Crippen LogP contribution in [0.1, 0.15) is 42.5 Å². The Morgan fingerprint density at radius 1 is 0.848 bits per heavy atom. The molecule has 0 bridgehead atoms. The van der Waals surface area contributed by atoms with Crippen LogP contribution in [0, 0.1) is 13.8 Å². The largest absolute Gasteiger partial charge is 0.352 e. The van der Waals surface area contributed by atoms with Gasteiger partial charge >= 0.3 is 0 Å². The zero-order valence-electron chi connectivity index (χ0n) is 26.4. The maximum Gasteiger partial charge on any atom is 0.264 e. The molecule has 0 aliphatic carbocycles. The van der Waals surface area contributed by atoms with Gasteiger partial charge in [0, 0.05) is 29.1 Å². The van der Waals surface area contributed by atoms with Crippen molar-refractivity contribution in [1.82, 2.24) is 10.2 Å². The lowest BCUT2D eigenvalue weighted by Gasteiger charge is -2.34. The van der Waals surface area contributed by atoms with Gasteiger partial charge in [-0.3, -0.25) is 13.9 Å². The van der Waals surface area contributed by atoms with Crippen molar-refractivity contribution in [2.24, 2.45) is 0 Å². The average molecular weight is 681 g/mol. The summed E-state index contributed by atoms with van der Waals surface area (Å²) in [5, 5.41) is 3.85. The van der Waals surface area contributed by atoms with E-state index in [1.165, 1.54) is 29.2 Å². The van der Waals surface area contributed by atoms with Gasteiger partial charge in [0.25, 0.3) is 10.0 Å². The normalized spacial score (nSPS) is 12.7. The molecule has 0 radical (unpaired) electrons. The number of sulfonamides is 1. The maximum absolute atomic E-state index is 14.6. The van der Waals surface area contributed by atoms with E-state index in [1.54, 1.807) is 30.3 Å². The third kappa shape index (κ3) is 8.69. The minimum atomic E-state index is -4.24. The minimum Gasteiger partial charge on any atom is -0.352 e. The molecule has 0 fully saturated rings. The van der Waals surface area contributed by atoms with Crippen LogP contribution in [0.2, 0.25) is 10.0 Å². The van der Waals surface area contributed by atoms with E-state index in [-0.39, 0.29) is 29.8 Å². The first-order valence-corrected chi connectivity index (χ1v) is 17.3. The van der Waals surface area contributed by atoms with Gasteiger partial charge in [0.2, 0.25) is 11.8 Å². The number of benzene rings is 4. The quantitative estimate of drug-likeness (QED) is 0.160. The first kappa shape index (κ1) is 35.0. The number of nitrogens with one attached hydrogen (secondary N) is 1. The lowest BCUT2D eigenvalue weighted by Crippen LogP contribution is -2.54. The number of aryl methyl sites for hydroxylation is 2. The standard InChI is InChI=1S/C36H39Cl2N3O4S/c1-5-27(4)39-36(43)34(22-28-11-7-6-8-12-28)40(23-29-13-9-10-14-33(29)38)35(42)24-41(31-18-15-25(2)26(3)21-31)46(44,45)32-19-16-30(37)17-20-32/h6-21,27,34H,5,22-24H2,1-4H3,(H,39,43)/t27-,34+/m0/s1. The molecular formula is C36H39Cl2N3O4S. The zero-order chi connectivity index (χ0) is 33.4. The second-order valence-corrected chi connectivity index (χ2v) is 14.1. The van der Waals surface area contributed by atoms with Crippen molar-refractivity contribution in [3.63, 3.8) is 0 Å². The van der Waals surface area contributed by atoms with Crippen LogP contribution in [0.5, 0.6) is 0 Å². The number of hydrogen-bond donors (Lipinski definition) is 1. The van der Waals surface area contributed by atoms with Crippen molar-refractivity contribution in [2.75, 3.05) is 10.8 Å². The Morgan fingerprint density at radius 2 is 1.50 bits per heavy atom. The van der Waals surface area contributed by atoms with Crippen molar-refractivity contribution in [3.05, 3.63) is 129 Å². The van der Waals surface area contributed by atoms with E-state index < -0.39 is 28.5 Å². The predicted octanol–water partition coefficient (Wildman–Crippen LogP) is 7.36. The molecule has 0 saturated carbocycles. The van der Waals surface area contributed by atoms with Crippen molar-refractivity contribution in [1.29, 1.82) is 0 Å². The van der Waals surface area contributed by atoms with Gasteiger partial charge in [0.05, 0.1) is 10.6 Å². The van der Waals surface area contributed by atoms with Crippen LogP contribution in [0.25, 0.3) is 0 Å². The molecular weight excluding hydrogens is 641 g/mol. The smallest absolute Gasteiger partial charge is 0.264 e. The van der Waals surface area contributed by atoms with Crippen LogP contribution < -0.4 is 9.62 Å². The average Bonchev–Trinajstić information content (AvgIpc) is 3.04. The van der Waals surface area contributed by atoms with Gasteiger partial charge in [-0.25, -0.2) is 8.42 Å².